The number of sulfonamides is 1. The van der Waals surface area contributed by atoms with Gasteiger partial charge in [0.15, 0.2) is 0 Å². The van der Waals surface area contributed by atoms with Crippen molar-refractivity contribution in [1.29, 1.82) is 0 Å². The highest BCUT2D eigenvalue weighted by atomic mass is 32.2. The number of para-hydroxylation sites is 1. The number of urea groups is 1. The van der Waals surface area contributed by atoms with Crippen molar-refractivity contribution >= 4 is 32.9 Å². The Morgan fingerprint density at radius 3 is 2.25 bits per heavy atom. The monoisotopic (exact) mass is 626 g/mol. The molecule has 44 heavy (non-hydrogen) atoms. The SMILES string of the molecule is C=C(C[C@H](CNC(=O)NS(=O)(=O)c1ccccc1)C(C)C)NC(=O)c1cccc2ccn(Cc3ccc(C(F)(F)F)cc3)c12. The summed E-state index contributed by atoms with van der Waals surface area (Å²) in [5.41, 5.74) is 1.31. The van der Waals surface area contributed by atoms with Gasteiger partial charge in [-0.25, -0.2) is 17.9 Å². The van der Waals surface area contributed by atoms with Gasteiger partial charge < -0.3 is 15.2 Å². The molecule has 4 rings (SSSR count). The van der Waals surface area contributed by atoms with Crippen LogP contribution in [0.5, 0.6) is 0 Å². The van der Waals surface area contributed by atoms with Crippen molar-refractivity contribution in [2.45, 2.75) is 37.9 Å². The minimum absolute atomic E-state index is 0.0350. The zero-order valence-corrected chi connectivity index (χ0v) is 25.0. The van der Waals surface area contributed by atoms with Crippen LogP contribution in [0.1, 0.15) is 41.8 Å². The fourth-order valence-corrected chi connectivity index (χ4v) is 5.70. The van der Waals surface area contributed by atoms with Gasteiger partial charge in [0.2, 0.25) is 0 Å². The zero-order chi connectivity index (χ0) is 32.1. The molecule has 0 saturated carbocycles. The van der Waals surface area contributed by atoms with Crippen molar-refractivity contribution in [2.24, 2.45) is 11.8 Å². The lowest BCUT2D eigenvalue weighted by molar-refractivity contribution is -0.137. The van der Waals surface area contributed by atoms with Crippen LogP contribution in [0.2, 0.25) is 0 Å². The Balaban J connectivity index is 1.40. The first-order chi connectivity index (χ1) is 20.7. The largest absolute Gasteiger partial charge is 0.416 e. The van der Waals surface area contributed by atoms with E-state index in [0.717, 1.165) is 17.5 Å². The third kappa shape index (κ3) is 8.07. The lowest BCUT2D eigenvalue weighted by Crippen LogP contribution is -2.42. The first-order valence-electron chi connectivity index (χ1n) is 13.8. The van der Waals surface area contributed by atoms with Gasteiger partial charge in [-0.1, -0.05) is 62.9 Å². The molecule has 3 amide bonds. The number of rotatable bonds is 11. The molecule has 0 spiro atoms. The molecule has 1 heterocycles. The van der Waals surface area contributed by atoms with Gasteiger partial charge in [-0.15, -0.1) is 0 Å². The Labute approximate surface area is 254 Å². The number of nitrogens with zero attached hydrogens (tertiary/aromatic N) is 1. The molecule has 0 fully saturated rings. The molecular weight excluding hydrogens is 593 g/mol. The third-order valence-corrected chi connectivity index (χ3v) is 8.56. The van der Waals surface area contributed by atoms with Gasteiger partial charge in [0.25, 0.3) is 15.9 Å². The van der Waals surface area contributed by atoms with Crippen LogP contribution < -0.4 is 15.4 Å². The summed E-state index contributed by atoms with van der Waals surface area (Å²) in [5.74, 6) is -0.526. The highest BCUT2D eigenvalue weighted by molar-refractivity contribution is 7.90. The fraction of sp³-hybridized carbons (Fsp3) is 0.250. The summed E-state index contributed by atoms with van der Waals surface area (Å²) in [6.07, 6.45) is -2.33. The molecule has 4 aromatic rings. The molecule has 3 aromatic carbocycles. The van der Waals surface area contributed by atoms with E-state index in [1.165, 1.54) is 24.3 Å². The summed E-state index contributed by atoms with van der Waals surface area (Å²) in [4.78, 5) is 25.7. The second-order valence-electron chi connectivity index (χ2n) is 10.8. The normalized spacial score (nSPS) is 12.6. The number of hydrogen-bond donors (Lipinski definition) is 3. The van der Waals surface area contributed by atoms with E-state index < -0.39 is 33.7 Å². The number of nitrogens with one attached hydrogen (secondary N) is 3. The van der Waals surface area contributed by atoms with Crippen molar-refractivity contribution in [1.82, 2.24) is 19.9 Å². The van der Waals surface area contributed by atoms with Crippen molar-refractivity contribution in [3.63, 3.8) is 0 Å². The molecular formula is C32H33F3N4O4S. The first-order valence-corrected chi connectivity index (χ1v) is 15.3. The Kier molecular flexibility index (Phi) is 9.83. The molecule has 8 nitrogen and oxygen atoms in total. The maximum Gasteiger partial charge on any atom is 0.416 e. The minimum atomic E-state index is -4.42. The minimum Gasteiger partial charge on any atom is -0.342 e. The topological polar surface area (TPSA) is 109 Å². The number of allylic oxidation sites excluding steroid dienone is 1. The lowest BCUT2D eigenvalue weighted by Gasteiger charge is -2.23. The Bertz CT molecular complexity index is 1750. The molecule has 232 valence electrons. The van der Waals surface area contributed by atoms with Crippen molar-refractivity contribution in [3.05, 3.63) is 114 Å². The maximum absolute atomic E-state index is 13.4. The molecule has 12 heteroatoms. The van der Waals surface area contributed by atoms with Crippen LogP contribution in [0.4, 0.5) is 18.0 Å². The smallest absolute Gasteiger partial charge is 0.342 e. The van der Waals surface area contributed by atoms with Crippen LogP contribution >= 0.6 is 0 Å². The van der Waals surface area contributed by atoms with Crippen molar-refractivity contribution < 1.29 is 31.2 Å². The quantitative estimate of drug-likeness (QED) is 0.182. The summed E-state index contributed by atoms with van der Waals surface area (Å²) in [5, 5.41) is 6.21. The molecule has 0 aliphatic carbocycles. The Morgan fingerprint density at radius 1 is 0.932 bits per heavy atom. The Morgan fingerprint density at radius 2 is 1.61 bits per heavy atom. The average molecular weight is 627 g/mol. The van der Waals surface area contributed by atoms with E-state index in [-0.39, 0.29) is 29.8 Å². The van der Waals surface area contributed by atoms with Crippen molar-refractivity contribution in [3.8, 4) is 0 Å². The van der Waals surface area contributed by atoms with Crippen LogP contribution in [-0.4, -0.2) is 31.5 Å². The number of carbonyl (C=O) groups excluding carboxylic acids is 2. The molecule has 0 aliphatic heterocycles. The third-order valence-electron chi connectivity index (χ3n) is 7.21. The number of halogens is 3. The highest BCUT2D eigenvalue weighted by Gasteiger charge is 2.30. The number of carbonyl (C=O) groups is 2. The van der Waals surface area contributed by atoms with Gasteiger partial charge >= 0.3 is 12.2 Å². The molecule has 0 bridgehead atoms. The summed E-state index contributed by atoms with van der Waals surface area (Å²) in [6, 6.07) is 18.6. The van der Waals surface area contributed by atoms with Crippen LogP contribution in [0, 0.1) is 11.8 Å². The van der Waals surface area contributed by atoms with Crippen molar-refractivity contribution in [2.75, 3.05) is 6.54 Å². The summed E-state index contributed by atoms with van der Waals surface area (Å²) < 4.78 is 67.6. The molecule has 0 unspecified atom stereocenters. The van der Waals surface area contributed by atoms with Gasteiger partial charge in [-0.3, -0.25) is 4.79 Å². The van der Waals surface area contributed by atoms with Gasteiger partial charge in [0.1, 0.15) is 0 Å². The summed E-state index contributed by atoms with van der Waals surface area (Å²) >= 11 is 0. The van der Waals surface area contributed by atoms with E-state index in [1.54, 1.807) is 41.1 Å². The number of aromatic nitrogens is 1. The second-order valence-corrected chi connectivity index (χ2v) is 12.5. The van der Waals surface area contributed by atoms with Crippen LogP contribution in [0.3, 0.4) is 0 Å². The van der Waals surface area contributed by atoms with Crippen LogP contribution in [0.15, 0.2) is 102 Å². The fourth-order valence-electron chi connectivity index (χ4n) is 4.75. The highest BCUT2D eigenvalue weighted by Crippen LogP contribution is 2.30. The van der Waals surface area contributed by atoms with Crippen LogP contribution in [-0.2, 0) is 22.7 Å². The van der Waals surface area contributed by atoms with Gasteiger partial charge in [-0.2, -0.15) is 13.2 Å². The molecule has 3 N–H and O–H groups in total. The van der Waals surface area contributed by atoms with E-state index in [2.05, 4.69) is 17.2 Å². The van der Waals surface area contributed by atoms with Gasteiger partial charge in [0.05, 0.1) is 21.5 Å². The van der Waals surface area contributed by atoms with E-state index in [4.69, 9.17) is 0 Å². The number of hydrogen-bond acceptors (Lipinski definition) is 4. The Hall–Kier alpha value is -4.58. The number of benzene rings is 3. The van der Waals surface area contributed by atoms with E-state index in [9.17, 15) is 31.2 Å². The predicted molar refractivity (Wildman–Crippen MR) is 162 cm³/mol. The predicted octanol–water partition coefficient (Wildman–Crippen LogP) is 6.30. The molecule has 1 aromatic heterocycles. The molecule has 0 saturated heterocycles. The van der Waals surface area contributed by atoms with E-state index in [1.807, 2.05) is 30.7 Å². The standard InChI is InChI=1S/C32H33F3N4O4S/c1-21(2)25(19-36-31(41)38-44(42,43)27-9-5-4-6-10-27)18-22(3)37-30(40)28-11-7-8-24-16-17-39(29(24)28)20-23-12-14-26(15-13-23)32(33,34)35/h4-17,21,25H,3,18-20H2,1-2H3,(H,37,40)(H2,36,38,41)/t25-/m1/s1. The van der Waals surface area contributed by atoms with E-state index >= 15 is 0 Å². The summed E-state index contributed by atoms with van der Waals surface area (Å²) in [7, 11) is -4.03. The molecule has 1 atom stereocenters. The second kappa shape index (κ2) is 13.4. The average Bonchev–Trinajstić information content (AvgIpc) is 3.38. The number of fused-ring (bicyclic) bond motifs is 1. The first kappa shape index (κ1) is 32.3. The number of amides is 3. The molecule has 0 aliphatic rings. The lowest BCUT2D eigenvalue weighted by atomic mass is 9.91. The van der Waals surface area contributed by atoms with E-state index in [0.29, 0.717) is 28.8 Å². The van der Waals surface area contributed by atoms with Crippen LogP contribution in [0.25, 0.3) is 10.9 Å². The van der Waals surface area contributed by atoms with Gasteiger partial charge in [0, 0.05) is 30.4 Å². The number of alkyl halides is 3. The summed E-state index contributed by atoms with van der Waals surface area (Å²) in [6.45, 7) is 8.27. The maximum atomic E-state index is 13.4. The zero-order valence-electron chi connectivity index (χ0n) is 24.2. The molecule has 0 radical (unpaired) electrons. The van der Waals surface area contributed by atoms with Gasteiger partial charge in [-0.05, 0) is 60.2 Å².